The van der Waals surface area contributed by atoms with E-state index in [-0.39, 0.29) is 6.04 Å². The fourth-order valence-electron chi connectivity index (χ4n) is 2.20. The van der Waals surface area contributed by atoms with Gasteiger partial charge >= 0.3 is 0 Å². The van der Waals surface area contributed by atoms with E-state index in [9.17, 15) is 0 Å². The number of hydrogen-bond donors (Lipinski definition) is 1. The molecule has 19 heavy (non-hydrogen) atoms. The standard InChI is InChI=1S/C14H19BrN4/c1-4-12-7-14(19(3)18-12)13(16-2)6-10-5-11(15)9-17-8-10/h5,7-9,13,16H,4,6H2,1-3H3. The molecule has 0 aliphatic rings. The molecule has 0 bridgehead atoms. The van der Waals surface area contributed by atoms with Gasteiger partial charge in [0.15, 0.2) is 0 Å². The van der Waals surface area contributed by atoms with Crippen molar-refractivity contribution in [3.05, 3.63) is 46.0 Å². The zero-order valence-electron chi connectivity index (χ0n) is 11.5. The molecule has 4 nitrogen and oxygen atoms in total. The first-order chi connectivity index (χ1) is 9.13. The molecule has 2 rings (SSSR count). The van der Waals surface area contributed by atoms with Crippen LogP contribution in [-0.4, -0.2) is 21.8 Å². The number of nitrogens with zero attached hydrogens (tertiary/aromatic N) is 3. The number of hydrogen-bond acceptors (Lipinski definition) is 3. The minimum Gasteiger partial charge on any atom is -0.311 e. The smallest absolute Gasteiger partial charge is 0.0625 e. The molecule has 2 aromatic heterocycles. The Bertz CT molecular complexity index is 550. The second kappa shape index (κ2) is 6.30. The van der Waals surface area contributed by atoms with Gasteiger partial charge in [-0.25, -0.2) is 0 Å². The second-order valence-corrected chi connectivity index (χ2v) is 5.51. The largest absolute Gasteiger partial charge is 0.311 e. The van der Waals surface area contributed by atoms with E-state index in [1.807, 2.05) is 25.0 Å². The van der Waals surface area contributed by atoms with Gasteiger partial charge < -0.3 is 5.32 Å². The molecule has 1 N–H and O–H groups in total. The Balaban J connectivity index is 2.22. The van der Waals surface area contributed by atoms with Gasteiger partial charge in [0.1, 0.15) is 0 Å². The van der Waals surface area contributed by atoms with Gasteiger partial charge in [0.25, 0.3) is 0 Å². The summed E-state index contributed by atoms with van der Waals surface area (Å²) >= 11 is 3.46. The monoisotopic (exact) mass is 322 g/mol. The first kappa shape index (κ1) is 14.2. The van der Waals surface area contributed by atoms with E-state index < -0.39 is 0 Å². The summed E-state index contributed by atoms with van der Waals surface area (Å²) in [5.74, 6) is 0. The average Bonchev–Trinajstić information content (AvgIpc) is 2.77. The first-order valence-corrected chi connectivity index (χ1v) is 7.22. The van der Waals surface area contributed by atoms with E-state index in [1.54, 1.807) is 6.20 Å². The molecule has 102 valence electrons. The maximum atomic E-state index is 4.51. The highest BCUT2D eigenvalue weighted by molar-refractivity contribution is 9.10. The van der Waals surface area contributed by atoms with Gasteiger partial charge in [0, 0.05) is 23.9 Å². The molecule has 1 atom stereocenters. The van der Waals surface area contributed by atoms with Crippen LogP contribution in [0, 0.1) is 0 Å². The zero-order valence-corrected chi connectivity index (χ0v) is 13.1. The Morgan fingerprint density at radius 3 is 2.74 bits per heavy atom. The van der Waals surface area contributed by atoms with Crippen molar-refractivity contribution in [2.75, 3.05) is 7.05 Å². The summed E-state index contributed by atoms with van der Waals surface area (Å²) in [5.41, 5.74) is 3.54. The highest BCUT2D eigenvalue weighted by Gasteiger charge is 2.15. The van der Waals surface area contributed by atoms with E-state index in [2.05, 4.69) is 50.4 Å². The summed E-state index contributed by atoms with van der Waals surface area (Å²) in [6.45, 7) is 2.12. The summed E-state index contributed by atoms with van der Waals surface area (Å²) in [5, 5.41) is 7.87. The molecule has 1 unspecified atom stereocenters. The number of rotatable bonds is 5. The highest BCUT2D eigenvalue weighted by Crippen LogP contribution is 2.20. The van der Waals surface area contributed by atoms with Crippen LogP contribution >= 0.6 is 15.9 Å². The molecule has 2 aromatic rings. The molecule has 0 aliphatic heterocycles. The normalized spacial score (nSPS) is 12.6. The summed E-state index contributed by atoms with van der Waals surface area (Å²) < 4.78 is 2.98. The van der Waals surface area contributed by atoms with Gasteiger partial charge in [0.05, 0.1) is 17.4 Å². The summed E-state index contributed by atoms with van der Waals surface area (Å²) in [6, 6.07) is 4.52. The van der Waals surface area contributed by atoms with Gasteiger partial charge in [-0.1, -0.05) is 6.92 Å². The van der Waals surface area contributed by atoms with Crippen LogP contribution in [-0.2, 0) is 19.9 Å². The van der Waals surface area contributed by atoms with E-state index in [1.165, 1.54) is 11.3 Å². The van der Waals surface area contributed by atoms with Gasteiger partial charge in [0.2, 0.25) is 0 Å². The molecular weight excluding hydrogens is 304 g/mol. The molecule has 5 heteroatoms. The van der Waals surface area contributed by atoms with Crippen LogP contribution in [0.4, 0.5) is 0 Å². The molecule has 0 fully saturated rings. The lowest BCUT2D eigenvalue weighted by molar-refractivity contribution is 0.536. The van der Waals surface area contributed by atoms with Crippen molar-refractivity contribution in [3.63, 3.8) is 0 Å². The molecule has 0 aliphatic carbocycles. The predicted octanol–water partition coefficient (Wildman–Crippen LogP) is 2.64. The number of pyridine rings is 1. The van der Waals surface area contributed by atoms with Gasteiger partial charge in [-0.15, -0.1) is 0 Å². The molecule has 0 spiro atoms. The van der Waals surface area contributed by atoms with Crippen LogP contribution < -0.4 is 5.32 Å². The van der Waals surface area contributed by atoms with Crippen LogP contribution in [0.15, 0.2) is 29.0 Å². The first-order valence-electron chi connectivity index (χ1n) is 6.43. The Morgan fingerprint density at radius 2 is 2.16 bits per heavy atom. The Hall–Kier alpha value is -1.20. The molecule has 0 aromatic carbocycles. The van der Waals surface area contributed by atoms with Gasteiger partial charge in [-0.05, 0) is 53.5 Å². The number of likely N-dealkylation sites (N-methyl/N-ethyl adjacent to an activating group) is 1. The van der Waals surface area contributed by atoms with Crippen molar-refractivity contribution < 1.29 is 0 Å². The van der Waals surface area contributed by atoms with Crippen LogP contribution in [0.2, 0.25) is 0 Å². The van der Waals surface area contributed by atoms with Gasteiger partial charge in [-0.3, -0.25) is 9.67 Å². The Morgan fingerprint density at radius 1 is 1.37 bits per heavy atom. The molecule has 0 saturated carbocycles. The predicted molar refractivity (Wildman–Crippen MR) is 80.0 cm³/mol. The number of aryl methyl sites for hydroxylation is 2. The maximum Gasteiger partial charge on any atom is 0.0625 e. The van der Waals surface area contributed by atoms with Crippen molar-refractivity contribution >= 4 is 15.9 Å². The van der Waals surface area contributed by atoms with E-state index in [0.717, 1.165) is 23.0 Å². The third kappa shape index (κ3) is 3.42. The lowest BCUT2D eigenvalue weighted by atomic mass is 10.0. The summed E-state index contributed by atoms with van der Waals surface area (Å²) in [6.07, 6.45) is 5.57. The molecule has 0 radical (unpaired) electrons. The number of aromatic nitrogens is 3. The quantitative estimate of drug-likeness (QED) is 0.920. The second-order valence-electron chi connectivity index (χ2n) is 4.59. The van der Waals surface area contributed by atoms with Crippen molar-refractivity contribution in [1.82, 2.24) is 20.1 Å². The number of nitrogens with one attached hydrogen (secondary N) is 1. The molecule has 0 amide bonds. The van der Waals surface area contributed by atoms with E-state index >= 15 is 0 Å². The Kier molecular flexibility index (Phi) is 4.71. The van der Waals surface area contributed by atoms with Crippen molar-refractivity contribution in [1.29, 1.82) is 0 Å². The van der Waals surface area contributed by atoms with Crippen molar-refractivity contribution in [2.45, 2.75) is 25.8 Å². The summed E-state index contributed by atoms with van der Waals surface area (Å²) in [7, 11) is 3.98. The lowest BCUT2D eigenvalue weighted by Crippen LogP contribution is -2.21. The minimum atomic E-state index is 0.244. The average molecular weight is 323 g/mol. The summed E-state index contributed by atoms with van der Waals surface area (Å²) in [4.78, 5) is 4.21. The Labute approximate surface area is 122 Å². The minimum absolute atomic E-state index is 0.244. The van der Waals surface area contributed by atoms with Crippen LogP contribution in [0.1, 0.15) is 29.9 Å². The lowest BCUT2D eigenvalue weighted by Gasteiger charge is -2.16. The fourth-order valence-corrected chi connectivity index (χ4v) is 2.61. The van der Waals surface area contributed by atoms with Crippen molar-refractivity contribution in [2.24, 2.45) is 7.05 Å². The topological polar surface area (TPSA) is 42.7 Å². The molecule has 0 saturated heterocycles. The van der Waals surface area contributed by atoms with Crippen molar-refractivity contribution in [3.8, 4) is 0 Å². The molecular formula is C14H19BrN4. The highest BCUT2D eigenvalue weighted by atomic mass is 79.9. The fraction of sp³-hybridized carbons (Fsp3) is 0.429. The van der Waals surface area contributed by atoms with Crippen LogP contribution in [0.5, 0.6) is 0 Å². The third-order valence-corrected chi connectivity index (χ3v) is 3.67. The van der Waals surface area contributed by atoms with Crippen LogP contribution in [0.3, 0.4) is 0 Å². The number of halogens is 1. The maximum absolute atomic E-state index is 4.51. The third-order valence-electron chi connectivity index (χ3n) is 3.24. The SMILES string of the molecule is CCc1cc(C(Cc2cncc(Br)c2)NC)n(C)n1. The van der Waals surface area contributed by atoms with Gasteiger partial charge in [-0.2, -0.15) is 5.10 Å². The van der Waals surface area contributed by atoms with E-state index in [4.69, 9.17) is 0 Å². The van der Waals surface area contributed by atoms with E-state index in [0.29, 0.717) is 0 Å². The zero-order chi connectivity index (χ0) is 13.8. The van der Waals surface area contributed by atoms with Crippen LogP contribution in [0.25, 0.3) is 0 Å². The molecule has 2 heterocycles.